The Kier molecular flexibility index (Phi) is 6.14. The summed E-state index contributed by atoms with van der Waals surface area (Å²) >= 11 is 5.12. The van der Waals surface area contributed by atoms with Crippen LogP contribution in [0.15, 0.2) is 57.9 Å². The quantitative estimate of drug-likeness (QED) is 0.621. The van der Waals surface area contributed by atoms with Gasteiger partial charge in [-0.2, -0.15) is 0 Å². The number of hydrogen-bond donors (Lipinski definition) is 1. The Hall–Kier alpha value is -1.46. The zero-order valence-corrected chi connectivity index (χ0v) is 14.0. The molecule has 0 unspecified atom stereocenters. The van der Waals surface area contributed by atoms with Crippen molar-refractivity contribution in [1.82, 2.24) is 5.32 Å². The summed E-state index contributed by atoms with van der Waals surface area (Å²) in [6, 6.07) is 15.2. The summed E-state index contributed by atoms with van der Waals surface area (Å²) in [4.78, 5) is 13.1. The fourth-order valence-electron chi connectivity index (χ4n) is 1.71. The van der Waals surface area contributed by atoms with E-state index >= 15 is 0 Å². The molecule has 0 radical (unpaired) electrons. The van der Waals surface area contributed by atoms with E-state index in [1.54, 1.807) is 43.1 Å². The van der Waals surface area contributed by atoms with E-state index in [0.29, 0.717) is 12.1 Å². The second kappa shape index (κ2) is 8.10. The number of carbonyl (C=O) groups is 1. The Morgan fingerprint density at radius 3 is 2.43 bits per heavy atom. The highest BCUT2D eigenvalue weighted by molar-refractivity contribution is 9.10. The van der Waals surface area contributed by atoms with E-state index in [1.807, 2.05) is 12.1 Å². The van der Waals surface area contributed by atoms with Crippen LogP contribution in [0.4, 0.5) is 0 Å². The molecule has 0 bridgehead atoms. The number of hydrogen-bond acceptors (Lipinski definition) is 3. The molecule has 110 valence electrons. The SMILES string of the molecule is COc1ccc(C(=O)NCCSc2ccc(Br)cc2)cc1. The van der Waals surface area contributed by atoms with Crippen molar-refractivity contribution >= 4 is 33.6 Å². The topological polar surface area (TPSA) is 38.3 Å². The number of halogens is 1. The Labute approximate surface area is 137 Å². The lowest BCUT2D eigenvalue weighted by Gasteiger charge is -2.06. The van der Waals surface area contributed by atoms with Crippen molar-refractivity contribution in [3.63, 3.8) is 0 Å². The number of rotatable bonds is 6. The zero-order valence-electron chi connectivity index (χ0n) is 11.6. The van der Waals surface area contributed by atoms with Gasteiger partial charge in [-0.1, -0.05) is 15.9 Å². The van der Waals surface area contributed by atoms with Crippen molar-refractivity contribution < 1.29 is 9.53 Å². The average Bonchev–Trinajstić information content (AvgIpc) is 2.53. The van der Waals surface area contributed by atoms with E-state index in [4.69, 9.17) is 4.74 Å². The van der Waals surface area contributed by atoms with Crippen LogP contribution in [0.25, 0.3) is 0 Å². The van der Waals surface area contributed by atoms with Gasteiger partial charge in [0.2, 0.25) is 0 Å². The van der Waals surface area contributed by atoms with Crippen LogP contribution in [0, 0.1) is 0 Å². The van der Waals surface area contributed by atoms with E-state index in [-0.39, 0.29) is 5.91 Å². The number of carbonyl (C=O) groups excluding carboxylic acids is 1. The van der Waals surface area contributed by atoms with E-state index in [0.717, 1.165) is 16.0 Å². The summed E-state index contributed by atoms with van der Waals surface area (Å²) in [5.74, 6) is 1.52. The van der Waals surface area contributed by atoms with E-state index in [1.165, 1.54) is 4.90 Å². The third kappa shape index (κ3) is 5.10. The Bertz CT molecular complexity index is 584. The van der Waals surface area contributed by atoms with E-state index < -0.39 is 0 Å². The maximum Gasteiger partial charge on any atom is 0.251 e. The van der Waals surface area contributed by atoms with Crippen molar-refractivity contribution in [2.24, 2.45) is 0 Å². The zero-order chi connectivity index (χ0) is 15.1. The minimum Gasteiger partial charge on any atom is -0.497 e. The molecular weight excluding hydrogens is 350 g/mol. The molecule has 0 aliphatic carbocycles. The standard InChI is InChI=1S/C16H16BrNO2S/c1-20-14-6-2-12(3-7-14)16(19)18-10-11-21-15-8-4-13(17)5-9-15/h2-9H,10-11H2,1H3,(H,18,19). The summed E-state index contributed by atoms with van der Waals surface area (Å²) in [6.45, 7) is 0.631. The molecule has 1 amide bonds. The second-order valence-corrected chi connectivity index (χ2v) is 6.37. The molecule has 21 heavy (non-hydrogen) atoms. The van der Waals surface area contributed by atoms with Gasteiger partial charge in [-0.25, -0.2) is 0 Å². The number of benzene rings is 2. The predicted octanol–water partition coefficient (Wildman–Crippen LogP) is 3.98. The summed E-state index contributed by atoms with van der Waals surface area (Å²) in [5.41, 5.74) is 0.643. The van der Waals surface area contributed by atoms with Gasteiger partial charge >= 0.3 is 0 Å². The fraction of sp³-hybridized carbons (Fsp3) is 0.188. The second-order valence-electron chi connectivity index (χ2n) is 4.29. The first kappa shape index (κ1) is 15.9. The molecule has 0 saturated heterocycles. The largest absolute Gasteiger partial charge is 0.497 e. The van der Waals surface area contributed by atoms with Gasteiger partial charge in [-0.3, -0.25) is 4.79 Å². The Morgan fingerprint density at radius 2 is 1.81 bits per heavy atom. The number of thioether (sulfide) groups is 1. The molecule has 1 N–H and O–H groups in total. The Balaban J connectivity index is 1.74. The number of ether oxygens (including phenoxy) is 1. The molecule has 0 spiro atoms. The van der Waals surface area contributed by atoms with Crippen LogP contribution >= 0.6 is 27.7 Å². The highest BCUT2D eigenvalue weighted by Crippen LogP contribution is 2.20. The number of amides is 1. The third-order valence-electron chi connectivity index (χ3n) is 2.82. The van der Waals surface area contributed by atoms with Gasteiger partial charge in [0.15, 0.2) is 0 Å². The summed E-state index contributed by atoms with van der Waals surface area (Å²) < 4.78 is 6.14. The van der Waals surface area contributed by atoms with Crippen molar-refractivity contribution in [3.8, 4) is 5.75 Å². The molecule has 5 heteroatoms. The molecule has 2 rings (SSSR count). The minimum atomic E-state index is -0.0611. The molecule has 0 atom stereocenters. The van der Waals surface area contributed by atoms with Gasteiger partial charge in [0.1, 0.15) is 5.75 Å². The summed E-state index contributed by atoms with van der Waals surface area (Å²) in [5, 5.41) is 2.91. The lowest BCUT2D eigenvalue weighted by atomic mass is 10.2. The molecule has 2 aromatic rings. The van der Waals surface area contributed by atoms with Crippen LogP contribution in [0.5, 0.6) is 5.75 Å². The third-order valence-corrected chi connectivity index (χ3v) is 4.36. The van der Waals surface area contributed by atoms with Gasteiger partial charge in [0, 0.05) is 27.2 Å². The van der Waals surface area contributed by atoms with Crippen molar-refractivity contribution in [3.05, 3.63) is 58.6 Å². The summed E-state index contributed by atoms with van der Waals surface area (Å²) in [7, 11) is 1.61. The van der Waals surface area contributed by atoms with Crippen molar-refractivity contribution in [2.45, 2.75) is 4.90 Å². The first-order valence-electron chi connectivity index (χ1n) is 6.49. The summed E-state index contributed by atoms with van der Waals surface area (Å²) in [6.07, 6.45) is 0. The van der Waals surface area contributed by atoms with Gasteiger partial charge in [-0.05, 0) is 48.5 Å². The van der Waals surface area contributed by atoms with E-state index in [9.17, 15) is 4.79 Å². The van der Waals surface area contributed by atoms with Crippen LogP contribution in [0.3, 0.4) is 0 Å². The van der Waals surface area contributed by atoms with Gasteiger partial charge in [0.05, 0.1) is 7.11 Å². The number of nitrogens with one attached hydrogen (secondary N) is 1. The van der Waals surface area contributed by atoms with Gasteiger partial charge in [-0.15, -0.1) is 11.8 Å². The molecular formula is C16H16BrNO2S. The first-order valence-corrected chi connectivity index (χ1v) is 8.27. The molecule has 0 heterocycles. The van der Waals surface area contributed by atoms with Crippen LogP contribution in [-0.2, 0) is 0 Å². The van der Waals surface area contributed by atoms with Gasteiger partial charge < -0.3 is 10.1 Å². The molecule has 0 aliphatic heterocycles. The normalized spacial score (nSPS) is 10.2. The van der Waals surface area contributed by atoms with E-state index in [2.05, 4.69) is 33.4 Å². The number of methoxy groups -OCH3 is 1. The molecule has 0 fully saturated rings. The van der Waals surface area contributed by atoms with Crippen LogP contribution in [-0.4, -0.2) is 25.3 Å². The first-order chi connectivity index (χ1) is 10.2. The average molecular weight is 366 g/mol. The van der Waals surface area contributed by atoms with Crippen LogP contribution in [0.2, 0.25) is 0 Å². The van der Waals surface area contributed by atoms with Crippen LogP contribution < -0.4 is 10.1 Å². The van der Waals surface area contributed by atoms with Crippen LogP contribution in [0.1, 0.15) is 10.4 Å². The maximum atomic E-state index is 11.9. The van der Waals surface area contributed by atoms with Crippen molar-refractivity contribution in [1.29, 1.82) is 0 Å². The highest BCUT2D eigenvalue weighted by Gasteiger charge is 2.04. The predicted molar refractivity (Wildman–Crippen MR) is 90.2 cm³/mol. The lowest BCUT2D eigenvalue weighted by molar-refractivity contribution is 0.0956. The smallest absolute Gasteiger partial charge is 0.251 e. The maximum absolute atomic E-state index is 11.9. The molecule has 2 aromatic carbocycles. The molecule has 0 aromatic heterocycles. The molecule has 0 aliphatic rings. The highest BCUT2D eigenvalue weighted by atomic mass is 79.9. The lowest BCUT2D eigenvalue weighted by Crippen LogP contribution is -2.25. The van der Waals surface area contributed by atoms with Gasteiger partial charge in [0.25, 0.3) is 5.91 Å². The minimum absolute atomic E-state index is 0.0611. The fourth-order valence-corrected chi connectivity index (χ4v) is 2.74. The molecule has 3 nitrogen and oxygen atoms in total. The Morgan fingerprint density at radius 1 is 1.14 bits per heavy atom. The van der Waals surface area contributed by atoms with Crippen molar-refractivity contribution in [2.75, 3.05) is 19.4 Å². The molecule has 0 saturated carbocycles. The monoisotopic (exact) mass is 365 g/mol.